The number of hydrogen-bond donors (Lipinski definition) is 0. The van der Waals surface area contributed by atoms with Gasteiger partial charge in [0.05, 0.1) is 27.2 Å². The number of halogens is 1. The van der Waals surface area contributed by atoms with Crippen molar-refractivity contribution in [1.82, 2.24) is 9.55 Å². The molecule has 0 atom stereocenters. The summed E-state index contributed by atoms with van der Waals surface area (Å²) in [7, 11) is -3.86. The average Bonchev–Trinajstić information content (AvgIpc) is 3.35. The Morgan fingerprint density at radius 1 is 0.957 bits per heavy atom. The number of imidazole rings is 1. The highest BCUT2D eigenvalue weighted by atomic mass is 35.5. The van der Waals surface area contributed by atoms with Gasteiger partial charge in [-0.05, 0) is 106 Å². The van der Waals surface area contributed by atoms with Gasteiger partial charge in [0.2, 0.25) is 0 Å². The summed E-state index contributed by atoms with van der Waals surface area (Å²) >= 11 is 6.05. The number of aryl methyl sites for hydroxylation is 1. The van der Waals surface area contributed by atoms with Gasteiger partial charge in [0.15, 0.2) is 0 Å². The van der Waals surface area contributed by atoms with E-state index in [1.54, 1.807) is 18.2 Å². The van der Waals surface area contributed by atoms with Gasteiger partial charge in [-0.15, -0.1) is 0 Å². The number of anilines is 1. The van der Waals surface area contributed by atoms with Crippen LogP contribution in [0.4, 0.5) is 5.69 Å². The maximum Gasteiger partial charge on any atom is 0.339 e. The van der Waals surface area contributed by atoms with Crippen LogP contribution in [0.15, 0.2) is 95.9 Å². The topological polar surface area (TPSA) is 81.5 Å². The lowest BCUT2D eigenvalue weighted by Gasteiger charge is -2.28. The van der Waals surface area contributed by atoms with Crippen molar-refractivity contribution in [1.29, 1.82) is 0 Å². The van der Waals surface area contributed by atoms with Gasteiger partial charge in [-0.2, -0.15) is 0 Å². The average molecular weight is 672 g/mol. The van der Waals surface area contributed by atoms with Crippen LogP contribution in [0.25, 0.3) is 22.2 Å². The van der Waals surface area contributed by atoms with Gasteiger partial charge >= 0.3 is 5.97 Å². The van der Waals surface area contributed by atoms with Crippen LogP contribution in [-0.4, -0.2) is 35.6 Å². The molecular weight excluding hydrogens is 630 g/mol. The quantitative estimate of drug-likeness (QED) is 0.131. The monoisotopic (exact) mass is 671 g/mol. The Kier molecular flexibility index (Phi) is 10.1. The summed E-state index contributed by atoms with van der Waals surface area (Å²) in [6, 6.07) is 27.2. The molecule has 0 aliphatic heterocycles. The molecule has 5 aromatic rings. The Morgan fingerprint density at radius 3 is 2.28 bits per heavy atom. The molecule has 4 aromatic carbocycles. The van der Waals surface area contributed by atoms with Crippen LogP contribution in [0.1, 0.15) is 76.1 Å². The molecule has 5 rings (SSSR count). The standard InChI is InChI=1S/C38H42ClN3O4S/c1-7-8-13-36-40-34-23-20-30(42(26(2)3)47(44,45)31-21-18-29(39)19-22-31)24-35(34)41(36)25-27-14-16-28(17-15-27)32-11-9-10-12-33(32)37(43)46-38(4,5)6/h9-12,14-24,26H,7-8,13,25H2,1-6H3. The van der Waals surface area contributed by atoms with Crippen LogP contribution in [0.5, 0.6) is 0 Å². The minimum absolute atomic E-state index is 0.182. The molecule has 0 radical (unpaired) electrons. The number of benzene rings is 4. The van der Waals surface area contributed by atoms with E-state index in [1.807, 2.05) is 83.1 Å². The van der Waals surface area contributed by atoms with Crippen molar-refractivity contribution < 1.29 is 17.9 Å². The third kappa shape index (κ3) is 7.71. The molecule has 0 aliphatic rings. The number of ether oxygens (including phenoxy) is 1. The smallest absolute Gasteiger partial charge is 0.339 e. The number of aromatic nitrogens is 2. The summed E-state index contributed by atoms with van der Waals surface area (Å²) in [5.74, 6) is 0.599. The zero-order valence-electron chi connectivity index (χ0n) is 27.8. The lowest BCUT2D eigenvalue weighted by atomic mass is 9.98. The fraction of sp³-hybridized carbons (Fsp3) is 0.316. The second-order valence-corrected chi connectivity index (χ2v) is 15.2. The first kappa shape index (κ1) is 34.2. The third-order valence-electron chi connectivity index (χ3n) is 7.81. The second-order valence-electron chi connectivity index (χ2n) is 13.0. The minimum atomic E-state index is -3.86. The minimum Gasteiger partial charge on any atom is -0.456 e. The second kappa shape index (κ2) is 13.9. The van der Waals surface area contributed by atoms with Crippen LogP contribution in [0.2, 0.25) is 5.02 Å². The van der Waals surface area contributed by atoms with Crippen molar-refractivity contribution in [3.05, 3.63) is 113 Å². The Labute approximate surface area is 283 Å². The molecule has 9 heteroatoms. The highest BCUT2D eigenvalue weighted by molar-refractivity contribution is 7.92. The fourth-order valence-electron chi connectivity index (χ4n) is 5.65. The van der Waals surface area contributed by atoms with Gasteiger partial charge in [-0.25, -0.2) is 18.2 Å². The van der Waals surface area contributed by atoms with Gasteiger partial charge in [-0.1, -0.05) is 67.4 Å². The van der Waals surface area contributed by atoms with Crippen LogP contribution in [0.3, 0.4) is 0 Å². The summed E-state index contributed by atoms with van der Waals surface area (Å²) in [6.07, 6.45) is 2.82. The Bertz CT molecular complexity index is 1980. The Morgan fingerprint density at radius 2 is 1.64 bits per heavy atom. The zero-order chi connectivity index (χ0) is 33.9. The first-order valence-corrected chi connectivity index (χ1v) is 17.8. The van der Waals surface area contributed by atoms with E-state index in [0.717, 1.165) is 52.8 Å². The van der Waals surface area contributed by atoms with Crippen molar-refractivity contribution in [2.45, 2.75) is 83.9 Å². The lowest BCUT2D eigenvalue weighted by molar-refractivity contribution is 0.00704. The molecule has 0 N–H and O–H groups in total. The summed E-state index contributed by atoms with van der Waals surface area (Å²) in [6.45, 7) is 12.0. The van der Waals surface area contributed by atoms with E-state index >= 15 is 0 Å². The summed E-state index contributed by atoms with van der Waals surface area (Å²) in [5.41, 5.74) is 4.96. The summed E-state index contributed by atoms with van der Waals surface area (Å²) in [4.78, 5) is 18.1. The normalized spacial score (nSPS) is 12.1. The van der Waals surface area contributed by atoms with Crippen molar-refractivity contribution >= 4 is 44.3 Å². The maximum atomic E-state index is 13.9. The number of esters is 1. The molecule has 0 unspecified atom stereocenters. The molecule has 0 amide bonds. The van der Waals surface area contributed by atoms with Gasteiger partial charge < -0.3 is 9.30 Å². The predicted molar refractivity (Wildman–Crippen MR) is 191 cm³/mol. The van der Waals surface area contributed by atoms with Gasteiger partial charge in [0.25, 0.3) is 10.0 Å². The Balaban J connectivity index is 1.52. The molecule has 0 spiro atoms. The SMILES string of the molecule is CCCCc1nc2ccc(N(C(C)C)S(=O)(=O)c3ccc(Cl)cc3)cc2n1Cc1ccc(-c2ccccc2C(=O)OC(C)(C)C)cc1. The molecule has 0 aliphatic carbocycles. The van der Waals surface area contributed by atoms with E-state index in [2.05, 4.69) is 23.6 Å². The number of nitrogens with zero attached hydrogens (tertiary/aromatic N) is 3. The van der Waals surface area contributed by atoms with Crippen molar-refractivity contribution in [2.75, 3.05) is 4.31 Å². The molecule has 0 fully saturated rings. The van der Waals surface area contributed by atoms with Crippen molar-refractivity contribution in [3.8, 4) is 11.1 Å². The number of hydrogen-bond acceptors (Lipinski definition) is 5. The molecule has 1 aromatic heterocycles. The lowest BCUT2D eigenvalue weighted by Crippen LogP contribution is -2.37. The van der Waals surface area contributed by atoms with Crippen LogP contribution < -0.4 is 4.31 Å². The van der Waals surface area contributed by atoms with E-state index in [1.165, 1.54) is 16.4 Å². The van der Waals surface area contributed by atoms with E-state index in [0.29, 0.717) is 22.8 Å². The number of sulfonamides is 1. The van der Waals surface area contributed by atoms with Gasteiger partial charge in [0.1, 0.15) is 11.4 Å². The largest absolute Gasteiger partial charge is 0.456 e. The number of rotatable bonds is 11. The molecule has 0 saturated carbocycles. The number of unbranched alkanes of at least 4 members (excludes halogenated alkanes) is 1. The highest BCUT2D eigenvalue weighted by Gasteiger charge is 2.28. The first-order chi connectivity index (χ1) is 22.3. The first-order valence-electron chi connectivity index (χ1n) is 16.0. The van der Waals surface area contributed by atoms with Crippen molar-refractivity contribution in [3.63, 3.8) is 0 Å². The van der Waals surface area contributed by atoms with E-state index in [-0.39, 0.29) is 16.9 Å². The maximum absolute atomic E-state index is 13.9. The molecular formula is C38H42ClN3O4S. The van der Waals surface area contributed by atoms with Crippen LogP contribution >= 0.6 is 11.6 Å². The summed E-state index contributed by atoms with van der Waals surface area (Å²) < 4.78 is 37.0. The van der Waals surface area contributed by atoms with Crippen molar-refractivity contribution in [2.24, 2.45) is 0 Å². The fourth-order valence-corrected chi connectivity index (χ4v) is 7.43. The van der Waals surface area contributed by atoms with Gasteiger partial charge in [0, 0.05) is 24.0 Å². The van der Waals surface area contributed by atoms with E-state index in [4.69, 9.17) is 21.3 Å². The Hall–Kier alpha value is -4.14. The van der Waals surface area contributed by atoms with Crippen LogP contribution in [-0.2, 0) is 27.7 Å². The van der Waals surface area contributed by atoms with Gasteiger partial charge in [-0.3, -0.25) is 4.31 Å². The molecule has 0 bridgehead atoms. The molecule has 0 saturated heterocycles. The van der Waals surface area contributed by atoms with Crippen LogP contribution in [0, 0.1) is 0 Å². The number of fused-ring (bicyclic) bond motifs is 1. The molecule has 1 heterocycles. The van der Waals surface area contributed by atoms with E-state index < -0.39 is 15.6 Å². The highest BCUT2D eigenvalue weighted by Crippen LogP contribution is 2.32. The number of carbonyl (C=O) groups excluding carboxylic acids is 1. The summed E-state index contributed by atoms with van der Waals surface area (Å²) in [5, 5.41) is 0.477. The predicted octanol–water partition coefficient (Wildman–Crippen LogP) is 9.31. The molecule has 246 valence electrons. The molecule has 7 nitrogen and oxygen atoms in total. The third-order valence-corrected chi connectivity index (χ3v) is 10.1. The molecule has 47 heavy (non-hydrogen) atoms. The van der Waals surface area contributed by atoms with E-state index in [9.17, 15) is 13.2 Å². The zero-order valence-corrected chi connectivity index (χ0v) is 29.4. The number of carbonyl (C=O) groups is 1.